The number of hydrogen-bond acceptors (Lipinski definition) is 19. The minimum Gasteiger partial charge on any atom is -0.502 e. The van der Waals surface area contributed by atoms with Crippen LogP contribution in [-0.2, 0) is 33.3 Å². The van der Waals surface area contributed by atoms with E-state index < -0.39 is 86.6 Å². The van der Waals surface area contributed by atoms with Crippen molar-refractivity contribution in [3.05, 3.63) is 47.5 Å². The summed E-state index contributed by atoms with van der Waals surface area (Å²) in [6.45, 7) is -2.88. The predicted octanol–water partition coefficient (Wildman–Crippen LogP) is -1.42. The highest BCUT2D eigenvalue weighted by Gasteiger charge is 2.61. The maximum absolute atomic E-state index is 12.9. The SMILES string of the molecule is COc1cc(C=CC(=O)O[C@@H]2[C@H](O)[C@@H](O)[C@@H](O[C@@]3(CO)O[C@H](CO)[C@@H](O)[C@@H]3OC(=O)C=Cc3cc(OC)c(O)c(OC)c3)O[C@@H]2CO)cc(OC)c1O. The van der Waals surface area contributed by atoms with Gasteiger partial charge in [0.05, 0.1) is 41.7 Å². The molecule has 8 N–H and O–H groups in total. The molecule has 2 heterocycles. The average molecular weight is 755 g/mol. The van der Waals surface area contributed by atoms with E-state index in [1.165, 1.54) is 64.9 Å². The third-order valence-electron chi connectivity index (χ3n) is 8.34. The average Bonchev–Trinajstić information content (AvgIpc) is 3.42. The molecule has 0 saturated carbocycles. The van der Waals surface area contributed by atoms with Gasteiger partial charge < -0.3 is 83.5 Å². The summed E-state index contributed by atoms with van der Waals surface area (Å²) in [7, 11) is 5.24. The summed E-state index contributed by atoms with van der Waals surface area (Å²) in [4.78, 5) is 25.7. The van der Waals surface area contributed by atoms with Crippen LogP contribution < -0.4 is 18.9 Å². The van der Waals surface area contributed by atoms with Gasteiger partial charge in [-0.3, -0.25) is 0 Å². The zero-order chi connectivity index (χ0) is 39.0. The number of aromatic hydroxyl groups is 2. The molecule has 19 heteroatoms. The van der Waals surface area contributed by atoms with Crippen LogP contribution in [0.1, 0.15) is 11.1 Å². The van der Waals surface area contributed by atoms with Gasteiger partial charge in [-0.2, -0.15) is 0 Å². The molecule has 2 fully saturated rings. The molecule has 53 heavy (non-hydrogen) atoms. The van der Waals surface area contributed by atoms with Gasteiger partial charge in [0.1, 0.15) is 37.1 Å². The third-order valence-corrected chi connectivity index (χ3v) is 8.34. The van der Waals surface area contributed by atoms with Crippen molar-refractivity contribution in [1.29, 1.82) is 0 Å². The number of benzene rings is 2. The number of phenols is 2. The van der Waals surface area contributed by atoms with Crippen LogP contribution in [0, 0.1) is 0 Å². The van der Waals surface area contributed by atoms with E-state index in [9.17, 15) is 50.4 Å². The van der Waals surface area contributed by atoms with Crippen LogP contribution in [-0.4, -0.2) is 156 Å². The highest BCUT2D eigenvalue weighted by Crippen LogP contribution is 2.40. The number of hydrogen-bond donors (Lipinski definition) is 8. The van der Waals surface area contributed by atoms with Gasteiger partial charge in [-0.1, -0.05) is 0 Å². The zero-order valence-corrected chi connectivity index (χ0v) is 28.9. The van der Waals surface area contributed by atoms with E-state index in [2.05, 4.69) is 0 Å². The van der Waals surface area contributed by atoms with E-state index in [4.69, 9.17) is 42.6 Å². The molecule has 4 rings (SSSR count). The molecule has 0 bridgehead atoms. The minimum absolute atomic E-state index is 0.0366. The van der Waals surface area contributed by atoms with Gasteiger partial charge in [0, 0.05) is 12.2 Å². The Balaban J connectivity index is 1.50. The van der Waals surface area contributed by atoms with Crippen molar-refractivity contribution in [2.75, 3.05) is 48.3 Å². The summed E-state index contributed by atoms with van der Waals surface area (Å²) < 4.78 is 47.9. The number of rotatable bonds is 15. The first-order valence-corrected chi connectivity index (χ1v) is 15.8. The summed E-state index contributed by atoms with van der Waals surface area (Å²) in [6.07, 6.45) is -9.95. The zero-order valence-electron chi connectivity index (χ0n) is 28.9. The Bertz CT molecular complexity index is 1590. The van der Waals surface area contributed by atoms with Gasteiger partial charge in [0.2, 0.25) is 17.3 Å². The van der Waals surface area contributed by atoms with Crippen LogP contribution in [0.4, 0.5) is 0 Å². The van der Waals surface area contributed by atoms with E-state index in [0.29, 0.717) is 11.1 Å². The van der Waals surface area contributed by atoms with Crippen LogP contribution in [0.25, 0.3) is 12.2 Å². The Labute approximate surface area is 302 Å². The number of phenolic OH excluding ortho intramolecular Hbond substituents is 2. The molecule has 0 aliphatic carbocycles. The molecular formula is C34H42O19. The molecule has 0 radical (unpaired) electrons. The first kappa shape index (κ1) is 41.1. The molecule has 2 aromatic rings. The summed E-state index contributed by atoms with van der Waals surface area (Å²) in [5, 5.41) is 83.4. The second kappa shape index (κ2) is 17.9. The highest BCUT2D eigenvalue weighted by molar-refractivity contribution is 5.88. The third kappa shape index (κ3) is 8.92. The molecule has 0 aromatic heterocycles. The summed E-state index contributed by atoms with van der Waals surface area (Å²) in [5.41, 5.74) is 0.672. The lowest BCUT2D eigenvalue weighted by Gasteiger charge is -2.44. The topological polar surface area (TPSA) is 279 Å². The van der Waals surface area contributed by atoms with Crippen LogP contribution in [0.15, 0.2) is 36.4 Å². The summed E-state index contributed by atoms with van der Waals surface area (Å²) >= 11 is 0. The molecule has 0 amide bonds. The van der Waals surface area contributed by atoms with Crippen LogP contribution in [0.5, 0.6) is 34.5 Å². The number of ether oxygens (including phenoxy) is 9. The van der Waals surface area contributed by atoms with Gasteiger partial charge in [-0.25, -0.2) is 9.59 Å². The maximum Gasteiger partial charge on any atom is 0.331 e. The molecule has 19 nitrogen and oxygen atoms in total. The predicted molar refractivity (Wildman–Crippen MR) is 177 cm³/mol. The van der Waals surface area contributed by atoms with Gasteiger partial charge in [-0.05, 0) is 47.5 Å². The van der Waals surface area contributed by atoms with Crippen molar-refractivity contribution in [2.45, 2.75) is 54.8 Å². The van der Waals surface area contributed by atoms with Crippen molar-refractivity contribution in [3.8, 4) is 34.5 Å². The quantitative estimate of drug-likeness (QED) is 0.0765. The van der Waals surface area contributed by atoms with E-state index in [1.54, 1.807) is 0 Å². The number of methoxy groups -OCH3 is 4. The number of aliphatic hydroxyl groups is 6. The molecule has 2 aliphatic rings. The van der Waals surface area contributed by atoms with Crippen molar-refractivity contribution >= 4 is 24.1 Å². The van der Waals surface area contributed by atoms with Crippen LogP contribution in [0.3, 0.4) is 0 Å². The normalized spacial score (nSPS) is 28.6. The number of esters is 2. The van der Waals surface area contributed by atoms with Gasteiger partial charge in [0.15, 0.2) is 41.5 Å². The lowest BCUT2D eigenvalue weighted by molar-refractivity contribution is -0.383. The second-order valence-corrected chi connectivity index (χ2v) is 11.6. The molecular weight excluding hydrogens is 712 g/mol. The van der Waals surface area contributed by atoms with E-state index in [1.807, 2.05) is 0 Å². The van der Waals surface area contributed by atoms with Crippen molar-refractivity contribution in [3.63, 3.8) is 0 Å². The highest BCUT2D eigenvalue weighted by atomic mass is 16.8. The Morgan fingerprint density at radius 2 is 1.15 bits per heavy atom. The first-order valence-electron chi connectivity index (χ1n) is 15.8. The Morgan fingerprint density at radius 1 is 0.698 bits per heavy atom. The summed E-state index contributed by atoms with van der Waals surface area (Å²) in [6, 6.07) is 5.56. The first-order chi connectivity index (χ1) is 25.3. The van der Waals surface area contributed by atoms with E-state index in [-0.39, 0.29) is 34.5 Å². The van der Waals surface area contributed by atoms with E-state index in [0.717, 1.165) is 12.2 Å². The van der Waals surface area contributed by atoms with Crippen molar-refractivity contribution < 1.29 is 93.1 Å². The monoisotopic (exact) mass is 754 g/mol. The van der Waals surface area contributed by atoms with Crippen LogP contribution >= 0.6 is 0 Å². The standard InChI is InChI=1S/C34H42O19/c1-45-18-9-16(10-19(46-2)26(18)40)5-7-24(38)50-31-23(14-36)49-33(30(44)29(31)43)53-34(15-37)32(28(42)22(13-35)52-34)51-25(39)8-6-17-11-20(47-3)27(41)21(12-17)48-4/h5-12,22-23,28-33,35-37,40-44H,13-15H2,1-4H3/t22-,23-,28-,29-,30-,31+,32+,33-,34-/m1/s1. The molecule has 2 saturated heterocycles. The lowest BCUT2D eigenvalue weighted by atomic mass is 9.98. The number of carbonyl (C=O) groups excluding carboxylic acids is 2. The molecule has 2 aliphatic heterocycles. The number of carbonyl (C=O) groups is 2. The van der Waals surface area contributed by atoms with Crippen molar-refractivity contribution in [2.24, 2.45) is 0 Å². The molecule has 2 aromatic carbocycles. The van der Waals surface area contributed by atoms with Crippen molar-refractivity contribution in [1.82, 2.24) is 0 Å². The number of aliphatic hydroxyl groups excluding tert-OH is 6. The Kier molecular flexibility index (Phi) is 13.9. The smallest absolute Gasteiger partial charge is 0.331 e. The fourth-order valence-corrected chi connectivity index (χ4v) is 5.59. The Hall–Kier alpha value is -4.70. The maximum atomic E-state index is 12.9. The lowest BCUT2D eigenvalue weighted by Crippen LogP contribution is -2.63. The fraction of sp³-hybridized carbons (Fsp3) is 0.471. The fourth-order valence-electron chi connectivity index (χ4n) is 5.59. The van der Waals surface area contributed by atoms with Gasteiger partial charge >= 0.3 is 11.9 Å². The molecule has 9 atom stereocenters. The van der Waals surface area contributed by atoms with Crippen LogP contribution in [0.2, 0.25) is 0 Å². The minimum atomic E-state index is -2.51. The Morgan fingerprint density at radius 3 is 1.57 bits per heavy atom. The summed E-state index contributed by atoms with van der Waals surface area (Å²) in [5.74, 6) is -5.03. The van der Waals surface area contributed by atoms with E-state index >= 15 is 0 Å². The van der Waals surface area contributed by atoms with Gasteiger partial charge in [-0.15, -0.1) is 0 Å². The molecule has 292 valence electrons. The second-order valence-electron chi connectivity index (χ2n) is 11.6. The molecule has 0 spiro atoms. The molecule has 0 unspecified atom stereocenters. The largest absolute Gasteiger partial charge is 0.502 e. The van der Waals surface area contributed by atoms with Gasteiger partial charge in [0.25, 0.3) is 0 Å².